The average molecular weight is 375 g/mol. The third-order valence-corrected chi connectivity index (χ3v) is 4.24. The van der Waals surface area contributed by atoms with Crippen molar-refractivity contribution >= 4 is 34.3 Å². The van der Waals surface area contributed by atoms with Crippen LogP contribution in [0.1, 0.15) is 42.0 Å². The lowest BCUT2D eigenvalue weighted by Crippen LogP contribution is -2.13. The average Bonchev–Trinajstić information content (AvgIpc) is 2.98. The SMILES string of the molecule is CCC(=O)Oc1c(C(=O)c2nccc(CC)c2F)[nH]c2cc(Cl)ccc12. The third kappa shape index (κ3) is 3.20. The first-order valence-electron chi connectivity index (χ1n) is 8.16. The number of carbonyl (C=O) groups excluding carboxylic acids is 2. The molecule has 0 radical (unpaired) electrons. The van der Waals surface area contributed by atoms with E-state index in [0.717, 1.165) is 0 Å². The summed E-state index contributed by atoms with van der Waals surface area (Å²) in [5, 5.41) is 0.954. The molecule has 0 amide bonds. The molecule has 2 heterocycles. The van der Waals surface area contributed by atoms with Crippen molar-refractivity contribution in [3.05, 3.63) is 58.3 Å². The van der Waals surface area contributed by atoms with E-state index in [9.17, 15) is 14.0 Å². The summed E-state index contributed by atoms with van der Waals surface area (Å²) in [6.07, 6.45) is 1.94. The molecule has 3 aromatic rings. The maximum Gasteiger partial charge on any atom is 0.310 e. The lowest BCUT2D eigenvalue weighted by Gasteiger charge is -2.07. The van der Waals surface area contributed by atoms with E-state index < -0.39 is 17.6 Å². The first kappa shape index (κ1) is 18.1. The van der Waals surface area contributed by atoms with Crippen molar-refractivity contribution in [3.8, 4) is 5.75 Å². The minimum atomic E-state index is -0.691. The van der Waals surface area contributed by atoms with Crippen molar-refractivity contribution in [3.63, 3.8) is 0 Å². The molecule has 134 valence electrons. The number of hydrogen-bond acceptors (Lipinski definition) is 4. The molecule has 0 atom stereocenters. The van der Waals surface area contributed by atoms with Gasteiger partial charge in [-0.3, -0.25) is 9.59 Å². The van der Waals surface area contributed by atoms with Crippen molar-refractivity contribution in [2.24, 2.45) is 0 Å². The van der Waals surface area contributed by atoms with Crippen LogP contribution in [-0.4, -0.2) is 21.7 Å². The summed E-state index contributed by atoms with van der Waals surface area (Å²) < 4.78 is 19.9. The van der Waals surface area contributed by atoms with E-state index in [4.69, 9.17) is 16.3 Å². The predicted octanol–water partition coefficient (Wildman–Crippen LogP) is 4.46. The molecule has 3 rings (SSSR count). The van der Waals surface area contributed by atoms with Gasteiger partial charge in [0.2, 0.25) is 5.78 Å². The maximum atomic E-state index is 14.6. The van der Waals surface area contributed by atoms with Crippen molar-refractivity contribution in [2.75, 3.05) is 0 Å². The second-order valence-corrected chi connectivity index (χ2v) is 6.10. The van der Waals surface area contributed by atoms with Crippen LogP contribution in [0.3, 0.4) is 0 Å². The number of rotatable bonds is 5. The Kier molecular flexibility index (Phi) is 5.04. The molecule has 1 N–H and O–H groups in total. The fourth-order valence-electron chi connectivity index (χ4n) is 2.63. The number of halogens is 2. The Labute approximate surface area is 154 Å². The fraction of sp³-hybridized carbons (Fsp3) is 0.211. The summed E-state index contributed by atoms with van der Waals surface area (Å²) in [7, 11) is 0. The number of pyridine rings is 1. The molecule has 26 heavy (non-hydrogen) atoms. The highest BCUT2D eigenvalue weighted by molar-refractivity contribution is 6.31. The van der Waals surface area contributed by atoms with Gasteiger partial charge in [0.05, 0.1) is 5.52 Å². The summed E-state index contributed by atoms with van der Waals surface area (Å²) in [5.41, 5.74) is 0.529. The Morgan fingerprint density at radius 2 is 2.04 bits per heavy atom. The number of aromatic nitrogens is 2. The van der Waals surface area contributed by atoms with E-state index in [2.05, 4.69) is 9.97 Å². The molecule has 2 aromatic heterocycles. The van der Waals surface area contributed by atoms with Crippen LogP contribution < -0.4 is 4.74 Å². The van der Waals surface area contributed by atoms with Gasteiger partial charge in [0.25, 0.3) is 0 Å². The molecule has 0 fully saturated rings. The Morgan fingerprint density at radius 1 is 1.27 bits per heavy atom. The molecule has 7 heteroatoms. The van der Waals surface area contributed by atoms with Crippen LogP contribution in [0.5, 0.6) is 5.75 Å². The van der Waals surface area contributed by atoms with E-state index in [1.165, 1.54) is 12.3 Å². The van der Waals surface area contributed by atoms with Crippen LogP contribution >= 0.6 is 11.6 Å². The lowest BCUT2D eigenvalue weighted by atomic mass is 10.1. The zero-order chi connectivity index (χ0) is 18.8. The summed E-state index contributed by atoms with van der Waals surface area (Å²) >= 11 is 5.99. The quantitative estimate of drug-likeness (QED) is 0.528. The highest BCUT2D eigenvalue weighted by Crippen LogP contribution is 2.33. The van der Waals surface area contributed by atoms with E-state index in [1.54, 1.807) is 32.0 Å². The largest absolute Gasteiger partial charge is 0.423 e. The van der Waals surface area contributed by atoms with E-state index in [-0.39, 0.29) is 23.6 Å². The monoisotopic (exact) mass is 374 g/mol. The fourth-order valence-corrected chi connectivity index (χ4v) is 2.80. The molecule has 0 aliphatic rings. The Morgan fingerprint density at radius 3 is 2.73 bits per heavy atom. The number of ketones is 1. The van der Waals surface area contributed by atoms with Crippen LogP contribution in [0.4, 0.5) is 4.39 Å². The second kappa shape index (κ2) is 7.25. The Hall–Kier alpha value is -2.73. The number of benzene rings is 1. The van der Waals surface area contributed by atoms with Crippen LogP contribution in [-0.2, 0) is 11.2 Å². The number of fused-ring (bicyclic) bond motifs is 1. The van der Waals surface area contributed by atoms with E-state index >= 15 is 0 Å². The summed E-state index contributed by atoms with van der Waals surface area (Å²) in [6.45, 7) is 3.42. The first-order chi connectivity index (χ1) is 12.5. The zero-order valence-electron chi connectivity index (χ0n) is 14.2. The van der Waals surface area contributed by atoms with Gasteiger partial charge in [-0.15, -0.1) is 0 Å². The number of H-pyrrole nitrogens is 1. The van der Waals surface area contributed by atoms with Gasteiger partial charge in [0, 0.05) is 23.0 Å². The number of hydrogen-bond donors (Lipinski definition) is 1. The van der Waals surface area contributed by atoms with Crippen molar-refractivity contribution in [1.29, 1.82) is 0 Å². The summed E-state index contributed by atoms with van der Waals surface area (Å²) in [5.74, 6) is -1.82. The molecule has 0 saturated carbocycles. The van der Waals surface area contributed by atoms with Gasteiger partial charge in [0.1, 0.15) is 11.4 Å². The van der Waals surface area contributed by atoms with Crippen LogP contribution in [0, 0.1) is 5.82 Å². The van der Waals surface area contributed by atoms with Crippen LogP contribution in [0.25, 0.3) is 10.9 Å². The molecule has 5 nitrogen and oxygen atoms in total. The number of nitrogens with zero attached hydrogens (tertiary/aromatic N) is 1. The minimum Gasteiger partial charge on any atom is -0.423 e. The number of aromatic amines is 1. The summed E-state index contributed by atoms with van der Waals surface area (Å²) in [6, 6.07) is 6.37. The normalized spacial score (nSPS) is 10.9. The molecule has 0 unspecified atom stereocenters. The standard InChI is InChI=1S/C19H16ClFN2O3/c1-3-10-7-8-22-16(15(10)21)18(25)17-19(26-14(24)4-2)12-6-5-11(20)9-13(12)23-17/h5-9,23H,3-4H2,1-2H3. The lowest BCUT2D eigenvalue weighted by molar-refractivity contribution is -0.133. The Bertz CT molecular complexity index is 1010. The predicted molar refractivity (Wildman–Crippen MR) is 96.2 cm³/mol. The first-order valence-corrected chi connectivity index (χ1v) is 8.54. The van der Waals surface area contributed by atoms with Crippen molar-refractivity contribution < 1.29 is 18.7 Å². The zero-order valence-corrected chi connectivity index (χ0v) is 15.0. The molecule has 0 spiro atoms. The van der Waals surface area contributed by atoms with E-state index in [1.807, 2.05) is 0 Å². The molecule has 0 aliphatic heterocycles. The number of nitrogens with one attached hydrogen (secondary N) is 1. The van der Waals surface area contributed by atoms with Crippen LogP contribution in [0.2, 0.25) is 5.02 Å². The van der Waals surface area contributed by atoms with Crippen molar-refractivity contribution in [2.45, 2.75) is 26.7 Å². The number of ether oxygens (including phenoxy) is 1. The van der Waals surface area contributed by atoms with Gasteiger partial charge in [-0.1, -0.05) is 25.4 Å². The molecule has 0 aliphatic carbocycles. The molecular weight excluding hydrogens is 359 g/mol. The van der Waals surface area contributed by atoms with Gasteiger partial charge in [-0.05, 0) is 36.2 Å². The smallest absolute Gasteiger partial charge is 0.310 e. The number of carbonyl (C=O) groups is 2. The van der Waals surface area contributed by atoms with Gasteiger partial charge in [0.15, 0.2) is 11.6 Å². The number of esters is 1. The Balaban J connectivity index is 2.18. The van der Waals surface area contributed by atoms with Gasteiger partial charge in [-0.25, -0.2) is 9.37 Å². The maximum absolute atomic E-state index is 14.6. The van der Waals surface area contributed by atoms with Crippen LogP contribution in [0.15, 0.2) is 30.5 Å². The molecule has 1 aromatic carbocycles. The van der Waals surface area contributed by atoms with Gasteiger partial charge < -0.3 is 9.72 Å². The summed E-state index contributed by atoms with van der Waals surface area (Å²) in [4.78, 5) is 31.5. The highest BCUT2D eigenvalue weighted by atomic mass is 35.5. The third-order valence-electron chi connectivity index (χ3n) is 4.01. The highest BCUT2D eigenvalue weighted by Gasteiger charge is 2.26. The molecular formula is C19H16ClFN2O3. The minimum absolute atomic E-state index is 0.0382. The van der Waals surface area contributed by atoms with Gasteiger partial charge in [-0.2, -0.15) is 0 Å². The van der Waals surface area contributed by atoms with Crippen molar-refractivity contribution in [1.82, 2.24) is 9.97 Å². The second-order valence-electron chi connectivity index (χ2n) is 5.66. The molecule has 0 bridgehead atoms. The van der Waals surface area contributed by atoms with E-state index in [0.29, 0.717) is 27.9 Å². The number of aryl methyl sites for hydroxylation is 1. The molecule has 0 saturated heterocycles. The van der Waals surface area contributed by atoms with Gasteiger partial charge >= 0.3 is 5.97 Å². The topological polar surface area (TPSA) is 72.1 Å².